The zero-order valence-corrected chi connectivity index (χ0v) is 16.0. The predicted octanol–water partition coefficient (Wildman–Crippen LogP) is 4.93. The number of ether oxygens (including phenoxy) is 3. The van der Waals surface area contributed by atoms with Crippen LogP contribution in [0.4, 0.5) is 0 Å². The zero-order chi connectivity index (χ0) is 20.1. The van der Waals surface area contributed by atoms with Gasteiger partial charge >= 0.3 is 0 Å². The minimum absolute atomic E-state index is 0.174. The van der Waals surface area contributed by atoms with Crippen LogP contribution in [0, 0.1) is 0 Å². The van der Waals surface area contributed by atoms with Crippen molar-refractivity contribution in [2.75, 3.05) is 20.3 Å². The molecular weight excluding hydrogens is 368 g/mol. The van der Waals surface area contributed by atoms with Gasteiger partial charge in [0, 0.05) is 23.8 Å². The maximum atomic E-state index is 12.8. The van der Waals surface area contributed by atoms with Crippen LogP contribution in [0.2, 0.25) is 0 Å². The van der Waals surface area contributed by atoms with E-state index in [4.69, 9.17) is 18.6 Å². The van der Waals surface area contributed by atoms with Crippen LogP contribution >= 0.6 is 0 Å². The molecule has 0 aliphatic rings. The maximum absolute atomic E-state index is 12.8. The van der Waals surface area contributed by atoms with Crippen LogP contribution in [0.15, 0.2) is 88.1 Å². The number of hydrogen-bond donors (Lipinski definition) is 0. The fraction of sp³-hybridized carbons (Fsp3) is 0.125. The van der Waals surface area contributed by atoms with E-state index in [0.717, 1.165) is 11.3 Å². The van der Waals surface area contributed by atoms with Crippen molar-refractivity contribution < 1.29 is 18.6 Å². The lowest BCUT2D eigenvalue weighted by atomic mass is 10.1. The van der Waals surface area contributed by atoms with Gasteiger partial charge in [-0.25, -0.2) is 0 Å². The van der Waals surface area contributed by atoms with E-state index in [0.29, 0.717) is 34.8 Å². The lowest BCUT2D eigenvalue weighted by Gasteiger charge is -2.12. The first-order chi connectivity index (χ1) is 14.2. The number of benzene rings is 3. The minimum Gasteiger partial charge on any atom is -0.496 e. The average molecular weight is 388 g/mol. The summed E-state index contributed by atoms with van der Waals surface area (Å²) in [7, 11) is 1.56. The normalized spacial score (nSPS) is 10.7. The smallest absolute Gasteiger partial charge is 0.197 e. The van der Waals surface area contributed by atoms with Crippen molar-refractivity contribution >= 4 is 11.0 Å². The van der Waals surface area contributed by atoms with Gasteiger partial charge in [-0.05, 0) is 12.1 Å². The third-order valence-electron chi connectivity index (χ3n) is 4.41. The second kappa shape index (κ2) is 8.52. The number of rotatable bonds is 7. The molecular formula is C24H20O5. The molecule has 0 saturated heterocycles. The molecule has 0 saturated carbocycles. The Morgan fingerprint density at radius 3 is 2.21 bits per heavy atom. The summed E-state index contributed by atoms with van der Waals surface area (Å²) in [5.41, 5.74) is 1.06. The molecule has 5 nitrogen and oxygen atoms in total. The first-order valence-corrected chi connectivity index (χ1v) is 9.26. The summed E-state index contributed by atoms with van der Waals surface area (Å²) in [6.45, 7) is 0.618. The Balaban J connectivity index is 1.62. The largest absolute Gasteiger partial charge is 0.496 e. The van der Waals surface area contributed by atoms with E-state index in [2.05, 4.69) is 0 Å². The van der Waals surface area contributed by atoms with Gasteiger partial charge in [0.15, 0.2) is 5.43 Å². The van der Waals surface area contributed by atoms with Crippen LogP contribution in [-0.2, 0) is 0 Å². The van der Waals surface area contributed by atoms with Crippen LogP contribution in [-0.4, -0.2) is 20.3 Å². The molecule has 1 aromatic heterocycles. The standard InChI is InChI=1S/C24H20O5/c1-26-19-14-22(28-13-12-27-18-10-6-3-7-11-18)24-20(25)16-21(29-23(24)15-19)17-8-4-2-5-9-17/h2-11,14-16H,12-13H2,1H3. The van der Waals surface area contributed by atoms with Gasteiger partial charge in [-0.15, -0.1) is 0 Å². The van der Waals surface area contributed by atoms with Crippen molar-refractivity contribution in [2.45, 2.75) is 0 Å². The topological polar surface area (TPSA) is 57.9 Å². The first-order valence-electron chi connectivity index (χ1n) is 9.26. The Morgan fingerprint density at radius 2 is 1.48 bits per heavy atom. The molecule has 0 spiro atoms. The van der Waals surface area contributed by atoms with E-state index >= 15 is 0 Å². The molecule has 0 aliphatic carbocycles. The molecule has 0 fully saturated rings. The predicted molar refractivity (Wildman–Crippen MR) is 112 cm³/mol. The van der Waals surface area contributed by atoms with Crippen molar-refractivity contribution in [3.63, 3.8) is 0 Å². The highest BCUT2D eigenvalue weighted by atomic mass is 16.5. The summed E-state index contributed by atoms with van der Waals surface area (Å²) in [6, 6.07) is 23.8. The molecule has 3 aromatic carbocycles. The van der Waals surface area contributed by atoms with Gasteiger partial charge in [0.25, 0.3) is 0 Å². The van der Waals surface area contributed by atoms with E-state index in [1.807, 2.05) is 60.7 Å². The van der Waals surface area contributed by atoms with Crippen LogP contribution in [0.25, 0.3) is 22.3 Å². The maximum Gasteiger partial charge on any atom is 0.197 e. The highest BCUT2D eigenvalue weighted by Crippen LogP contribution is 2.31. The monoisotopic (exact) mass is 388 g/mol. The van der Waals surface area contributed by atoms with E-state index in [1.54, 1.807) is 19.2 Å². The fourth-order valence-corrected chi connectivity index (χ4v) is 3.03. The second-order valence-corrected chi connectivity index (χ2v) is 6.35. The van der Waals surface area contributed by atoms with Gasteiger partial charge in [-0.3, -0.25) is 4.79 Å². The summed E-state index contributed by atoms with van der Waals surface area (Å²) < 4.78 is 22.8. The summed E-state index contributed by atoms with van der Waals surface area (Å²) in [5.74, 6) is 2.21. The molecule has 0 unspecified atom stereocenters. The Kier molecular flexibility index (Phi) is 5.47. The van der Waals surface area contributed by atoms with Crippen LogP contribution in [0.3, 0.4) is 0 Å². The molecule has 0 N–H and O–H groups in total. The summed E-state index contributed by atoms with van der Waals surface area (Å²) in [5, 5.41) is 0.380. The van der Waals surface area contributed by atoms with Crippen LogP contribution < -0.4 is 19.6 Å². The molecule has 29 heavy (non-hydrogen) atoms. The van der Waals surface area contributed by atoms with Gasteiger partial charge in [-0.1, -0.05) is 48.5 Å². The molecule has 5 heteroatoms. The summed E-state index contributed by atoms with van der Waals surface area (Å²) >= 11 is 0. The second-order valence-electron chi connectivity index (χ2n) is 6.35. The lowest BCUT2D eigenvalue weighted by Crippen LogP contribution is -2.11. The highest BCUT2D eigenvalue weighted by molar-refractivity contribution is 5.86. The lowest BCUT2D eigenvalue weighted by molar-refractivity contribution is 0.218. The summed E-state index contributed by atoms with van der Waals surface area (Å²) in [6.07, 6.45) is 0. The highest BCUT2D eigenvalue weighted by Gasteiger charge is 2.14. The number of methoxy groups -OCH3 is 1. The Labute approximate surface area is 168 Å². The van der Waals surface area contributed by atoms with Gasteiger partial charge in [0.1, 0.15) is 47.2 Å². The van der Waals surface area contributed by atoms with E-state index in [1.165, 1.54) is 6.07 Å². The van der Waals surface area contributed by atoms with Crippen molar-refractivity contribution in [1.29, 1.82) is 0 Å². The van der Waals surface area contributed by atoms with Crippen LogP contribution in [0.5, 0.6) is 17.2 Å². The number of hydrogen-bond acceptors (Lipinski definition) is 5. The minimum atomic E-state index is -0.174. The average Bonchev–Trinajstić information content (AvgIpc) is 2.77. The quantitative estimate of drug-likeness (QED) is 0.420. The molecule has 4 rings (SSSR count). The zero-order valence-electron chi connectivity index (χ0n) is 16.0. The SMILES string of the molecule is COc1cc(OCCOc2ccccc2)c2c(=O)cc(-c3ccccc3)oc2c1. The van der Waals surface area contributed by atoms with Crippen molar-refractivity contribution in [3.05, 3.63) is 89.1 Å². The first kappa shape index (κ1) is 18.6. The van der Waals surface area contributed by atoms with Gasteiger partial charge in [0.2, 0.25) is 0 Å². The van der Waals surface area contributed by atoms with Gasteiger partial charge in [0.05, 0.1) is 7.11 Å². The molecule has 4 aromatic rings. The molecule has 0 bridgehead atoms. The Morgan fingerprint density at radius 1 is 0.793 bits per heavy atom. The fourth-order valence-electron chi connectivity index (χ4n) is 3.03. The van der Waals surface area contributed by atoms with Crippen LogP contribution in [0.1, 0.15) is 0 Å². The number of para-hydroxylation sites is 1. The van der Waals surface area contributed by atoms with E-state index < -0.39 is 0 Å². The van der Waals surface area contributed by atoms with Gasteiger partial charge in [-0.2, -0.15) is 0 Å². The Bertz CT molecular complexity index is 1150. The molecule has 146 valence electrons. The molecule has 1 heterocycles. The third-order valence-corrected chi connectivity index (χ3v) is 4.41. The molecule has 0 amide bonds. The van der Waals surface area contributed by atoms with E-state index in [9.17, 15) is 4.79 Å². The van der Waals surface area contributed by atoms with Gasteiger partial charge < -0.3 is 18.6 Å². The molecule has 0 radical (unpaired) electrons. The third kappa shape index (κ3) is 4.24. The van der Waals surface area contributed by atoms with Crippen molar-refractivity contribution in [2.24, 2.45) is 0 Å². The van der Waals surface area contributed by atoms with Crippen molar-refractivity contribution in [3.8, 4) is 28.6 Å². The molecule has 0 atom stereocenters. The van der Waals surface area contributed by atoms with E-state index in [-0.39, 0.29) is 12.0 Å². The summed E-state index contributed by atoms with van der Waals surface area (Å²) in [4.78, 5) is 12.8. The molecule has 0 aliphatic heterocycles. The number of fused-ring (bicyclic) bond motifs is 1. The van der Waals surface area contributed by atoms with Crippen molar-refractivity contribution in [1.82, 2.24) is 0 Å². The Hall–Kier alpha value is -3.73.